The minimum Gasteiger partial charge on any atom is -0.308 e. The largest absolute Gasteiger partial charge is 0.323 e. The number of rotatable bonds is 3. The highest BCUT2D eigenvalue weighted by molar-refractivity contribution is 8.01. The van der Waals surface area contributed by atoms with Gasteiger partial charge in [-0.2, -0.15) is 0 Å². The summed E-state index contributed by atoms with van der Waals surface area (Å²) in [5.41, 5.74) is 4.49. The van der Waals surface area contributed by atoms with Gasteiger partial charge in [0.1, 0.15) is 0 Å². The monoisotopic (exact) mass is 463 g/mol. The molecule has 162 valence electrons. The highest BCUT2D eigenvalue weighted by Crippen LogP contribution is 2.54. The molecule has 3 aromatic carbocycles. The van der Waals surface area contributed by atoms with Crippen molar-refractivity contribution in [1.29, 1.82) is 0 Å². The number of carbonyl (C=O) groups excluding carboxylic acids is 2. The summed E-state index contributed by atoms with van der Waals surface area (Å²) in [6.07, 6.45) is 0. The predicted octanol–water partition coefficient (Wildman–Crippen LogP) is 5.63. The number of hydrogen-bond acceptors (Lipinski definition) is 3. The van der Waals surface area contributed by atoms with E-state index in [0.717, 1.165) is 22.4 Å². The van der Waals surface area contributed by atoms with Crippen LogP contribution in [-0.2, 0) is 16.2 Å². The first kappa shape index (κ1) is 20.9. The number of carbonyl (C=O) groups is 2. The molecule has 1 saturated heterocycles. The number of nitrogens with one attached hydrogen (secondary N) is 1. The molecule has 2 heterocycles. The molecular formula is C25H22ClN3O2S. The first-order valence-electron chi connectivity index (χ1n) is 10.4. The smallest absolute Gasteiger partial charge is 0.308 e. The highest BCUT2D eigenvalue weighted by Gasteiger charge is 2.59. The second-order valence-electron chi connectivity index (χ2n) is 7.98. The Kier molecular flexibility index (Phi) is 5.35. The summed E-state index contributed by atoms with van der Waals surface area (Å²) in [6.45, 7) is 2.96. The average molecular weight is 464 g/mol. The number of anilines is 2. The third-order valence-corrected chi connectivity index (χ3v) is 7.54. The van der Waals surface area contributed by atoms with Gasteiger partial charge in [0, 0.05) is 28.6 Å². The van der Waals surface area contributed by atoms with Gasteiger partial charge in [-0.3, -0.25) is 9.69 Å². The average Bonchev–Trinajstić information content (AvgIpc) is 3.33. The van der Waals surface area contributed by atoms with Crippen LogP contribution in [0.25, 0.3) is 0 Å². The molecule has 3 aromatic rings. The van der Waals surface area contributed by atoms with Crippen molar-refractivity contribution in [3.8, 4) is 0 Å². The van der Waals surface area contributed by atoms with Crippen molar-refractivity contribution in [1.82, 2.24) is 4.90 Å². The van der Waals surface area contributed by atoms with Gasteiger partial charge in [-0.15, -0.1) is 11.8 Å². The van der Waals surface area contributed by atoms with Gasteiger partial charge in [-0.1, -0.05) is 59.6 Å². The van der Waals surface area contributed by atoms with Crippen LogP contribution in [0.5, 0.6) is 0 Å². The van der Waals surface area contributed by atoms with Crippen molar-refractivity contribution in [2.75, 3.05) is 22.5 Å². The molecule has 0 saturated carbocycles. The van der Waals surface area contributed by atoms with E-state index in [1.165, 1.54) is 11.8 Å². The second-order valence-corrected chi connectivity index (χ2v) is 9.70. The fraction of sp³-hybridized carbons (Fsp3) is 0.200. The SMILES string of the molecule is Cc1ccc2c(c1)[C@]1(SCCN1C(=O)Nc1ccc(Cl)cc1)C(=O)N2Cc1ccccc1. The van der Waals surface area contributed by atoms with Crippen LogP contribution in [-0.4, -0.2) is 29.1 Å². The first-order chi connectivity index (χ1) is 15.5. The normalized spacial score (nSPS) is 19.5. The van der Waals surface area contributed by atoms with Crippen molar-refractivity contribution >= 4 is 46.7 Å². The van der Waals surface area contributed by atoms with Crippen LogP contribution in [0, 0.1) is 6.92 Å². The molecule has 0 aromatic heterocycles. The number of amides is 3. The molecule has 1 N–H and O–H groups in total. The second kappa shape index (κ2) is 8.19. The topological polar surface area (TPSA) is 52.7 Å². The van der Waals surface area contributed by atoms with Crippen molar-refractivity contribution < 1.29 is 9.59 Å². The van der Waals surface area contributed by atoms with Crippen molar-refractivity contribution in [3.05, 3.63) is 94.5 Å². The summed E-state index contributed by atoms with van der Waals surface area (Å²) >= 11 is 7.50. The van der Waals surface area contributed by atoms with Crippen LogP contribution < -0.4 is 10.2 Å². The number of halogens is 1. The van der Waals surface area contributed by atoms with Gasteiger partial charge in [0.25, 0.3) is 5.91 Å². The van der Waals surface area contributed by atoms with E-state index >= 15 is 0 Å². The van der Waals surface area contributed by atoms with Crippen LogP contribution in [0.2, 0.25) is 5.02 Å². The molecule has 1 fully saturated rings. The third kappa shape index (κ3) is 3.44. The predicted molar refractivity (Wildman–Crippen MR) is 130 cm³/mol. The zero-order valence-electron chi connectivity index (χ0n) is 17.5. The van der Waals surface area contributed by atoms with Gasteiger partial charge in [-0.25, -0.2) is 4.79 Å². The fourth-order valence-corrected chi connectivity index (χ4v) is 5.95. The Morgan fingerprint density at radius 3 is 2.59 bits per heavy atom. The van der Waals surface area contributed by atoms with Gasteiger partial charge in [0.2, 0.25) is 0 Å². The molecule has 7 heteroatoms. The lowest BCUT2D eigenvalue weighted by atomic mass is 10.0. The highest BCUT2D eigenvalue weighted by atomic mass is 35.5. The van der Waals surface area contributed by atoms with E-state index in [0.29, 0.717) is 29.6 Å². The molecule has 2 aliphatic heterocycles. The number of benzene rings is 3. The molecule has 3 amide bonds. The van der Waals surface area contributed by atoms with E-state index in [-0.39, 0.29) is 11.9 Å². The van der Waals surface area contributed by atoms with E-state index in [2.05, 4.69) is 5.32 Å². The van der Waals surface area contributed by atoms with Gasteiger partial charge < -0.3 is 10.2 Å². The van der Waals surface area contributed by atoms with Gasteiger partial charge in [-0.05, 0) is 42.8 Å². The maximum atomic E-state index is 14.0. The van der Waals surface area contributed by atoms with Crippen LogP contribution in [0.4, 0.5) is 16.2 Å². The summed E-state index contributed by atoms with van der Waals surface area (Å²) in [5.74, 6) is 0.613. The summed E-state index contributed by atoms with van der Waals surface area (Å²) in [5, 5.41) is 3.54. The lowest BCUT2D eigenvalue weighted by Crippen LogP contribution is -2.51. The van der Waals surface area contributed by atoms with E-state index in [4.69, 9.17) is 11.6 Å². The standard InChI is InChI=1S/C25H22ClN3O2S/c1-17-7-12-22-21(15-17)25(23(30)28(22)16-18-5-3-2-4-6-18)29(13-14-32-25)24(31)27-20-10-8-19(26)9-11-20/h2-12,15H,13-14,16H2,1H3,(H,27,31)/t25-/m0/s1. The Labute approximate surface area is 196 Å². The maximum Gasteiger partial charge on any atom is 0.323 e. The molecule has 0 aliphatic carbocycles. The van der Waals surface area contributed by atoms with Crippen molar-refractivity contribution in [2.24, 2.45) is 0 Å². The summed E-state index contributed by atoms with van der Waals surface area (Å²) < 4.78 is 0. The van der Waals surface area contributed by atoms with E-state index < -0.39 is 4.87 Å². The fourth-order valence-electron chi connectivity index (χ4n) is 4.38. The summed E-state index contributed by atoms with van der Waals surface area (Å²) in [7, 11) is 0. The zero-order valence-corrected chi connectivity index (χ0v) is 19.1. The number of fused-ring (bicyclic) bond motifs is 2. The minimum absolute atomic E-state index is 0.0734. The number of aryl methyl sites for hydroxylation is 1. The number of thioether (sulfide) groups is 1. The number of hydrogen-bond donors (Lipinski definition) is 1. The van der Waals surface area contributed by atoms with Crippen LogP contribution >= 0.6 is 23.4 Å². The Morgan fingerprint density at radius 2 is 1.84 bits per heavy atom. The van der Waals surface area contributed by atoms with E-state index in [9.17, 15) is 9.59 Å². The molecular weight excluding hydrogens is 442 g/mol. The van der Waals surface area contributed by atoms with Crippen LogP contribution in [0.1, 0.15) is 16.7 Å². The lowest BCUT2D eigenvalue weighted by Gasteiger charge is -2.33. The lowest BCUT2D eigenvalue weighted by molar-refractivity contribution is -0.123. The van der Waals surface area contributed by atoms with Crippen LogP contribution in [0.15, 0.2) is 72.8 Å². The minimum atomic E-state index is -1.06. The Bertz CT molecular complexity index is 1190. The molecule has 0 radical (unpaired) electrons. The molecule has 1 atom stereocenters. The maximum absolute atomic E-state index is 14.0. The zero-order chi connectivity index (χ0) is 22.3. The molecule has 32 heavy (non-hydrogen) atoms. The third-order valence-electron chi connectivity index (χ3n) is 5.87. The summed E-state index contributed by atoms with van der Waals surface area (Å²) in [4.78, 5) is 29.8. The number of urea groups is 1. The van der Waals surface area contributed by atoms with Crippen molar-refractivity contribution in [2.45, 2.75) is 18.3 Å². The molecule has 0 unspecified atom stereocenters. The molecule has 0 bridgehead atoms. The molecule has 5 nitrogen and oxygen atoms in total. The number of nitrogens with zero attached hydrogens (tertiary/aromatic N) is 2. The Hall–Kier alpha value is -2.96. The van der Waals surface area contributed by atoms with E-state index in [1.54, 1.807) is 29.2 Å². The Balaban J connectivity index is 1.53. The van der Waals surface area contributed by atoms with Gasteiger partial charge in [0.05, 0.1) is 12.2 Å². The summed E-state index contributed by atoms with van der Waals surface area (Å²) in [6, 6.07) is 22.7. The first-order valence-corrected chi connectivity index (χ1v) is 11.8. The van der Waals surface area contributed by atoms with Crippen molar-refractivity contribution in [3.63, 3.8) is 0 Å². The van der Waals surface area contributed by atoms with Gasteiger partial charge in [0.15, 0.2) is 4.87 Å². The van der Waals surface area contributed by atoms with E-state index in [1.807, 2.05) is 60.4 Å². The quantitative estimate of drug-likeness (QED) is 0.547. The molecule has 5 rings (SSSR count). The Morgan fingerprint density at radius 1 is 1.09 bits per heavy atom. The molecule has 2 aliphatic rings. The van der Waals surface area contributed by atoms with Crippen LogP contribution in [0.3, 0.4) is 0 Å². The van der Waals surface area contributed by atoms with Gasteiger partial charge >= 0.3 is 6.03 Å². The molecule has 1 spiro atoms.